The molecule has 2 aromatic rings. The number of benzene rings is 2. The van der Waals surface area contributed by atoms with Crippen molar-refractivity contribution in [1.82, 2.24) is 0 Å². The highest BCUT2D eigenvalue weighted by atomic mass is 31.1. The van der Waals surface area contributed by atoms with Gasteiger partial charge in [0.1, 0.15) is 11.5 Å². The van der Waals surface area contributed by atoms with Crippen LogP contribution in [0.25, 0.3) is 0 Å². The average molecular weight is 374 g/mol. The fraction of sp³-hybridized carbons (Fsp3) is 0.455. The van der Waals surface area contributed by atoms with Crippen molar-refractivity contribution in [2.45, 2.75) is 46.5 Å². The number of hydrogen-bond donors (Lipinski definition) is 0. The lowest BCUT2D eigenvalue weighted by atomic mass is 10.2. The highest BCUT2D eigenvalue weighted by Crippen LogP contribution is 2.37. The summed E-state index contributed by atoms with van der Waals surface area (Å²) in [5, 5.41) is 2.44. The second-order valence-electron chi connectivity index (χ2n) is 6.50. The molecule has 0 radical (unpaired) electrons. The zero-order valence-corrected chi connectivity index (χ0v) is 17.6. The number of hydrogen-bond acceptors (Lipinski definition) is 3. The van der Waals surface area contributed by atoms with Crippen LogP contribution in [0.1, 0.15) is 43.7 Å². The molecule has 0 unspecified atom stereocenters. The maximum atomic E-state index is 6.40. The van der Waals surface area contributed by atoms with Crippen LogP contribution >= 0.6 is 8.15 Å². The van der Waals surface area contributed by atoms with E-state index in [9.17, 15) is 0 Å². The Morgan fingerprint density at radius 3 is 1.73 bits per heavy atom. The summed E-state index contributed by atoms with van der Waals surface area (Å²) in [4.78, 5) is 0. The van der Waals surface area contributed by atoms with Gasteiger partial charge in [-0.2, -0.15) is 0 Å². The van der Waals surface area contributed by atoms with Gasteiger partial charge in [0.2, 0.25) is 0 Å². The molecule has 0 aliphatic carbocycles. The first-order valence-corrected chi connectivity index (χ1v) is 10.6. The summed E-state index contributed by atoms with van der Waals surface area (Å²) in [5.74, 6) is 1.83. The Bertz CT molecular complexity index is 646. The summed E-state index contributed by atoms with van der Waals surface area (Å²) in [6.07, 6.45) is 4.84. The summed E-state index contributed by atoms with van der Waals surface area (Å²) < 4.78 is 17.2. The van der Waals surface area contributed by atoms with Crippen LogP contribution < -0.4 is 20.1 Å². The first kappa shape index (κ1) is 20.7. The molecule has 0 aliphatic rings. The molecule has 0 fully saturated rings. The van der Waals surface area contributed by atoms with Gasteiger partial charge in [0, 0.05) is 10.6 Å². The van der Waals surface area contributed by atoms with E-state index in [2.05, 4.69) is 45.0 Å². The summed E-state index contributed by atoms with van der Waals surface area (Å²) in [7, 11) is 2.57. The third-order valence-electron chi connectivity index (χ3n) is 4.44. The topological polar surface area (TPSA) is 27.7 Å². The van der Waals surface area contributed by atoms with Crippen LogP contribution in [0, 0.1) is 13.8 Å². The first-order chi connectivity index (χ1) is 12.6. The molecule has 2 aromatic carbocycles. The van der Waals surface area contributed by atoms with E-state index in [-0.39, 0.29) is 0 Å². The van der Waals surface area contributed by atoms with Crippen LogP contribution in [-0.4, -0.2) is 20.8 Å². The molecule has 0 saturated heterocycles. The van der Waals surface area contributed by atoms with E-state index >= 15 is 0 Å². The summed E-state index contributed by atoms with van der Waals surface area (Å²) in [5.41, 5.74) is 2.27. The Balaban J connectivity index is 2.26. The normalized spacial score (nSPS) is 11.0. The maximum absolute atomic E-state index is 6.40. The van der Waals surface area contributed by atoms with E-state index in [4.69, 9.17) is 14.0 Å². The SMILES string of the molecule is CCCCCCOP(c1ccc(OC)c(C)c1)c1ccc(OC)c(C)c1. The Labute approximate surface area is 159 Å². The Hall–Kier alpha value is -1.57. The Morgan fingerprint density at radius 2 is 1.31 bits per heavy atom. The summed E-state index contributed by atoms with van der Waals surface area (Å²) in [6, 6.07) is 12.7. The first-order valence-electron chi connectivity index (χ1n) is 9.33. The highest BCUT2D eigenvalue weighted by molar-refractivity contribution is 7.68. The minimum Gasteiger partial charge on any atom is -0.496 e. The molecule has 142 valence electrons. The van der Waals surface area contributed by atoms with Crippen molar-refractivity contribution >= 4 is 18.8 Å². The molecule has 0 heterocycles. The molecule has 0 bridgehead atoms. The molecule has 0 spiro atoms. The number of methoxy groups -OCH3 is 2. The van der Waals surface area contributed by atoms with E-state index in [1.165, 1.54) is 29.9 Å². The number of aryl methyl sites for hydroxylation is 2. The van der Waals surface area contributed by atoms with E-state index < -0.39 is 8.15 Å². The quantitative estimate of drug-likeness (QED) is 0.419. The van der Waals surface area contributed by atoms with Crippen LogP contribution in [0.2, 0.25) is 0 Å². The lowest BCUT2D eigenvalue weighted by Gasteiger charge is -2.21. The van der Waals surface area contributed by atoms with Crippen LogP contribution in [0.15, 0.2) is 36.4 Å². The number of ether oxygens (including phenoxy) is 2. The fourth-order valence-corrected chi connectivity index (χ4v) is 4.91. The molecule has 0 aliphatic heterocycles. The molecule has 3 nitrogen and oxygen atoms in total. The van der Waals surface area contributed by atoms with Gasteiger partial charge in [0.15, 0.2) is 0 Å². The molecule has 0 atom stereocenters. The van der Waals surface area contributed by atoms with Gasteiger partial charge in [0.05, 0.1) is 29.0 Å². The minimum absolute atomic E-state index is 0.794. The lowest BCUT2D eigenvalue weighted by molar-refractivity contribution is 0.344. The van der Waals surface area contributed by atoms with Crippen molar-refractivity contribution in [2.24, 2.45) is 0 Å². The zero-order valence-electron chi connectivity index (χ0n) is 16.7. The van der Waals surface area contributed by atoms with E-state index in [0.29, 0.717) is 0 Å². The molecule has 26 heavy (non-hydrogen) atoms. The largest absolute Gasteiger partial charge is 0.496 e. The average Bonchev–Trinajstić information content (AvgIpc) is 2.64. The molecule has 0 saturated carbocycles. The third kappa shape index (κ3) is 5.46. The molecule has 0 aromatic heterocycles. The standard InChI is InChI=1S/C22H31O3P/c1-6-7-8-9-14-25-26(19-10-12-21(23-4)17(2)15-19)20-11-13-22(24-5)18(3)16-20/h10-13,15-16H,6-9,14H2,1-5H3. The molecule has 0 N–H and O–H groups in total. The van der Waals surface area contributed by atoms with Crippen molar-refractivity contribution < 1.29 is 14.0 Å². The van der Waals surface area contributed by atoms with E-state index in [1.807, 2.05) is 12.1 Å². The van der Waals surface area contributed by atoms with Crippen LogP contribution in [0.4, 0.5) is 0 Å². The van der Waals surface area contributed by atoms with Crippen LogP contribution in [0.3, 0.4) is 0 Å². The maximum Gasteiger partial charge on any atom is 0.121 e. The fourth-order valence-electron chi connectivity index (χ4n) is 2.96. The lowest BCUT2D eigenvalue weighted by Crippen LogP contribution is -2.15. The second kappa shape index (κ2) is 10.5. The van der Waals surface area contributed by atoms with Gasteiger partial charge in [-0.15, -0.1) is 0 Å². The summed E-state index contributed by atoms with van der Waals surface area (Å²) >= 11 is 0. The molecule has 4 heteroatoms. The van der Waals surface area contributed by atoms with Crippen molar-refractivity contribution in [2.75, 3.05) is 20.8 Å². The molecule has 0 amide bonds. The predicted octanol–water partition coefficient (Wildman–Crippen LogP) is 5.27. The van der Waals surface area contributed by atoms with E-state index in [1.54, 1.807) is 14.2 Å². The minimum atomic E-state index is -0.850. The van der Waals surface area contributed by atoms with E-state index in [0.717, 1.165) is 35.7 Å². The number of rotatable bonds is 10. The van der Waals surface area contributed by atoms with Crippen molar-refractivity contribution in [3.05, 3.63) is 47.5 Å². The van der Waals surface area contributed by atoms with Crippen LogP contribution in [-0.2, 0) is 4.52 Å². The molecule has 2 rings (SSSR count). The monoisotopic (exact) mass is 374 g/mol. The molecular formula is C22H31O3P. The second-order valence-corrected chi connectivity index (χ2v) is 8.38. The Kier molecular flexibility index (Phi) is 8.41. The number of unbranched alkanes of at least 4 members (excludes halogenated alkanes) is 3. The van der Waals surface area contributed by atoms with Crippen molar-refractivity contribution in [3.63, 3.8) is 0 Å². The third-order valence-corrected chi connectivity index (χ3v) is 6.38. The zero-order chi connectivity index (χ0) is 18.9. The smallest absolute Gasteiger partial charge is 0.121 e. The molecular weight excluding hydrogens is 343 g/mol. The van der Waals surface area contributed by atoms with Crippen LogP contribution in [0.5, 0.6) is 11.5 Å². The van der Waals surface area contributed by atoms with Crippen molar-refractivity contribution in [3.8, 4) is 11.5 Å². The van der Waals surface area contributed by atoms with Gasteiger partial charge in [-0.25, -0.2) is 0 Å². The predicted molar refractivity (Wildman–Crippen MR) is 112 cm³/mol. The van der Waals surface area contributed by atoms with Crippen molar-refractivity contribution in [1.29, 1.82) is 0 Å². The summed E-state index contributed by atoms with van der Waals surface area (Å²) in [6.45, 7) is 7.18. The van der Waals surface area contributed by atoms with Gasteiger partial charge in [-0.1, -0.05) is 26.2 Å². The van der Waals surface area contributed by atoms with Gasteiger partial charge in [-0.05, 0) is 67.8 Å². The Morgan fingerprint density at radius 1 is 0.769 bits per heavy atom. The highest BCUT2D eigenvalue weighted by Gasteiger charge is 2.17. The van der Waals surface area contributed by atoms with Gasteiger partial charge >= 0.3 is 0 Å². The van der Waals surface area contributed by atoms with Gasteiger partial charge in [-0.3, -0.25) is 0 Å². The van der Waals surface area contributed by atoms with Gasteiger partial charge < -0.3 is 14.0 Å². The van der Waals surface area contributed by atoms with Gasteiger partial charge in [0.25, 0.3) is 0 Å².